The lowest BCUT2D eigenvalue weighted by Crippen LogP contribution is -2.54. The van der Waals surface area contributed by atoms with Crippen molar-refractivity contribution in [2.75, 3.05) is 0 Å². The Kier molecular flexibility index (Phi) is 5.02. The van der Waals surface area contributed by atoms with Gasteiger partial charge in [-0.15, -0.1) is 0 Å². The first kappa shape index (κ1) is 17.1. The second kappa shape index (κ2) is 7.04. The molecule has 24 heavy (non-hydrogen) atoms. The van der Waals surface area contributed by atoms with Crippen LogP contribution in [0.4, 0.5) is 4.39 Å². The molecule has 0 radical (unpaired) electrons. The number of piperidine rings is 1. The Balaban J connectivity index is 1.88. The summed E-state index contributed by atoms with van der Waals surface area (Å²) >= 11 is 0. The molecule has 128 valence electrons. The minimum Gasteiger partial charge on any atom is -0.387 e. The van der Waals surface area contributed by atoms with Crippen LogP contribution in [0.5, 0.6) is 0 Å². The van der Waals surface area contributed by atoms with Crippen LogP contribution < -0.4 is 0 Å². The average Bonchev–Trinajstić information content (AvgIpc) is 2.57. The van der Waals surface area contributed by atoms with Gasteiger partial charge in [0, 0.05) is 18.1 Å². The summed E-state index contributed by atoms with van der Waals surface area (Å²) in [4.78, 5) is 2.39. The molecule has 2 aromatic carbocycles. The van der Waals surface area contributed by atoms with Gasteiger partial charge < -0.3 is 5.11 Å². The third-order valence-corrected chi connectivity index (χ3v) is 5.22. The first-order valence-electron chi connectivity index (χ1n) is 8.71. The number of halogens is 1. The molecule has 2 aromatic rings. The van der Waals surface area contributed by atoms with E-state index in [1.165, 1.54) is 17.7 Å². The van der Waals surface area contributed by atoms with E-state index in [1.54, 1.807) is 6.07 Å². The van der Waals surface area contributed by atoms with Gasteiger partial charge >= 0.3 is 0 Å². The van der Waals surface area contributed by atoms with E-state index in [0.29, 0.717) is 5.56 Å². The van der Waals surface area contributed by atoms with Crippen molar-refractivity contribution in [3.63, 3.8) is 0 Å². The van der Waals surface area contributed by atoms with Crippen LogP contribution in [-0.4, -0.2) is 21.6 Å². The Bertz CT molecular complexity index is 671. The highest BCUT2D eigenvalue weighted by Gasteiger charge is 2.39. The topological polar surface area (TPSA) is 23.5 Å². The molecular weight excluding hydrogens is 301 g/mol. The van der Waals surface area contributed by atoms with Crippen molar-refractivity contribution in [2.45, 2.75) is 57.3 Å². The van der Waals surface area contributed by atoms with E-state index >= 15 is 0 Å². The van der Waals surface area contributed by atoms with Crippen molar-refractivity contribution >= 4 is 0 Å². The number of likely N-dealkylation sites (tertiary alicyclic amines) is 1. The standard InChI is InChI=1S/C21H26FNO/c1-21(2)13-7-12-19(20(24)17-10-6-11-18(22)14-17)23(21)15-16-8-4-3-5-9-16/h3-6,8-11,14,19-20,24H,7,12-13,15H2,1-2H3/t19?,20-/m0/s1. The predicted molar refractivity (Wildman–Crippen MR) is 95.1 cm³/mol. The van der Waals surface area contributed by atoms with Crippen LogP contribution in [0.25, 0.3) is 0 Å². The second-order valence-corrected chi connectivity index (χ2v) is 7.39. The average molecular weight is 327 g/mol. The molecule has 0 aromatic heterocycles. The number of hydrogen-bond donors (Lipinski definition) is 1. The highest BCUT2D eigenvalue weighted by molar-refractivity contribution is 5.22. The molecule has 2 nitrogen and oxygen atoms in total. The lowest BCUT2D eigenvalue weighted by molar-refractivity contribution is -0.0474. The summed E-state index contributed by atoms with van der Waals surface area (Å²) in [5, 5.41) is 10.9. The van der Waals surface area contributed by atoms with Gasteiger partial charge in [0.15, 0.2) is 0 Å². The Hall–Kier alpha value is -1.71. The summed E-state index contributed by atoms with van der Waals surface area (Å²) in [7, 11) is 0. The Morgan fingerprint density at radius 2 is 1.92 bits per heavy atom. The number of nitrogens with zero attached hydrogens (tertiary/aromatic N) is 1. The Morgan fingerprint density at radius 3 is 2.62 bits per heavy atom. The quantitative estimate of drug-likeness (QED) is 0.880. The summed E-state index contributed by atoms with van der Waals surface area (Å²) in [6, 6.07) is 16.7. The van der Waals surface area contributed by atoms with Gasteiger partial charge in [-0.1, -0.05) is 42.5 Å². The van der Waals surface area contributed by atoms with Crippen molar-refractivity contribution in [1.29, 1.82) is 0 Å². The first-order valence-corrected chi connectivity index (χ1v) is 8.71. The number of aliphatic hydroxyl groups excluding tert-OH is 1. The zero-order valence-corrected chi connectivity index (χ0v) is 14.5. The van der Waals surface area contributed by atoms with E-state index in [1.807, 2.05) is 24.3 Å². The molecule has 3 rings (SSSR count). The summed E-state index contributed by atoms with van der Waals surface area (Å²) in [5.74, 6) is -0.295. The van der Waals surface area contributed by atoms with Crippen molar-refractivity contribution in [3.8, 4) is 0 Å². The second-order valence-electron chi connectivity index (χ2n) is 7.39. The first-order chi connectivity index (χ1) is 11.5. The van der Waals surface area contributed by atoms with Crippen LogP contribution in [0.15, 0.2) is 54.6 Å². The molecule has 2 atom stereocenters. The van der Waals surface area contributed by atoms with E-state index in [9.17, 15) is 9.50 Å². The van der Waals surface area contributed by atoms with E-state index in [2.05, 4.69) is 30.9 Å². The summed E-state index contributed by atoms with van der Waals surface area (Å²) < 4.78 is 13.6. The van der Waals surface area contributed by atoms with E-state index in [0.717, 1.165) is 25.8 Å². The Morgan fingerprint density at radius 1 is 1.17 bits per heavy atom. The summed E-state index contributed by atoms with van der Waals surface area (Å²) in [5.41, 5.74) is 1.91. The van der Waals surface area contributed by atoms with Gasteiger partial charge in [-0.25, -0.2) is 4.39 Å². The van der Waals surface area contributed by atoms with Gasteiger partial charge in [0.05, 0.1) is 6.10 Å². The third kappa shape index (κ3) is 3.68. The minimum absolute atomic E-state index is 0.00393. The number of rotatable bonds is 4. The normalized spacial score (nSPS) is 22.2. The summed E-state index contributed by atoms with van der Waals surface area (Å²) in [6.45, 7) is 5.27. The molecule has 1 aliphatic rings. The molecule has 0 spiro atoms. The van der Waals surface area contributed by atoms with Crippen molar-refractivity contribution in [2.24, 2.45) is 0 Å². The van der Waals surface area contributed by atoms with Crippen LogP contribution in [0.3, 0.4) is 0 Å². The third-order valence-electron chi connectivity index (χ3n) is 5.22. The van der Waals surface area contributed by atoms with Gasteiger partial charge in [-0.3, -0.25) is 4.90 Å². The molecule has 1 heterocycles. The monoisotopic (exact) mass is 327 g/mol. The predicted octanol–water partition coefficient (Wildman–Crippen LogP) is 4.69. The SMILES string of the molecule is CC1(C)CCCC([C@@H](O)c2cccc(F)c2)N1Cc1ccccc1. The molecule has 1 aliphatic heterocycles. The smallest absolute Gasteiger partial charge is 0.123 e. The van der Waals surface area contributed by atoms with E-state index in [-0.39, 0.29) is 17.4 Å². The maximum atomic E-state index is 13.6. The maximum absolute atomic E-state index is 13.6. The highest BCUT2D eigenvalue weighted by Crippen LogP contribution is 2.38. The van der Waals surface area contributed by atoms with Crippen LogP contribution in [0.1, 0.15) is 50.3 Å². The number of hydrogen-bond acceptors (Lipinski definition) is 2. The zero-order chi connectivity index (χ0) is 17.2. The van der Waals surface area contributed by atoms with Gasteiger partial charge in [-0.2, -0.15) is 0 Å². The lowest BCUT2D eigenvalue weighted by atomic mass is 9.82. The lowest BCUT2D eigenvalue weighted by Gasteiger charge is -2.49. The fraction of sp³-hybridized carbons (Fsp3) is 0.429. The van der Waals surface area contributed by atoms with Crippen LogP contribution >= 0.6 is 0 Å². The maximum Gasteiger partial charge on any atom is 0.123 e. The van der Waals surface area contributed by atoms with Crippen molar-refractivity contribution < 1.29 is 9.50 Å². The fourth-order valence-electron chi connectivity index (χ4n) is 3.84. The van der Waals surface area contributed by atoms with E-state index in [4.69, 9.17) is 0 Å². The van der Waals surface area contributed by atoms with Gasteiger partial charge in [0.1, 0.15) is 5.82 Å². The molecule has 0 saturated carbocycles. The van der Waals surface area contributed by atoms with Gasteiger partial charge in [-0.05, 0) is 56.4 Å². The number of benzene rings is 2. The molecule has 1 N–H and O–H groups in total. The molecule has 0 aliphatic carbocycles. The zero-order valence-electron chi connectivity index (χ0n) is 14.5. The molecule has 0 amide bonds. The molecule has 1 saturated heterocycles. The molecular formula is C21H26FNO. The highest BCUT2D eigenvalue weighted by atomic mass is 19.1. The largest absolute Gasteiger partial charge is 0.387 e. The molecule has 1 unspecified atom stereocenters. The molecule has 0 bridgehead atoms. The molecule has 1 fully saturated rings. The minimum atomic E-state index is -0.677. The van der Waals surface area contributed by atoms with Crippen LogP contribution in [-0.2, 0) is 6.54 Å². The fourth-order valence-corrected chi connectivity index (χ4v) is 3.84. The van der Waals surface area contributed by atoms with Crippen LogP contribution in [0, 0.1) is 5.82 Å². The molecule has 3 heteroatoms. The van der Waals surface area contributed by atoms with Crippen molar-refractivity contribution in [1.82, 2.24) is 4.90 Å². The van der Waals surface area contributed by atoms with Crippen LogP contribution in [0.2, 0.25) is 0 Å². The van der Waals surface area contributed by atoms with Crippen molar-refractivity contribution in [3.05, 3.63) is 71.5 Å². The summed E-state index contributed by atoms with van der Waals surface area (Å²) in [6.07, 6.45) is 2.43. The number of aliphatic hydroxyl groups is 1. The Labute approximate surface area is 143 Å². The van der Waals surface area contributed by atoms with Gasteiger partial charge in [0.2, 0.25) is 0 Å². The van der Waals surface area contributed by atoms with Gasteiger partial charge in [0.25, 0.3) is 0 Å². The van der Waals surface area contributed by atoms with E-state index < -0.39 is 6.10 Å².